The van der Waals surface area contributed by atoms with Crippen LogP contribution in [0, 0.1) is 25.5 Å². The molecule has 0 aliphatic carbocycles. The fourth-order valence-corrected chi connectivity index (χ4v) is 5.18. The van der Waals surface area contributed by atoms with Crippen molar-refractivity contribution in [1.82, 2.24) is 9.21 Å². The summed E-state index contributed by atoms with van der Waals surface area (Å²) >= 11 is 0. The number of amides is 1. The Labute approximate surface area is 175 Å². The molecule has 30 heavy (non-hydrogen) atoms. The van der Waals surface area contributed by atoms with E-state index in [0.717, 1.165) is 11.6 Å². The number of rotatable bonds is 5. The first-order valence-corrected chi connectivity index (χ1v) is 11.1. The number of nitrogens with zero attached hydrogens (tertiary/aromatic N) is 2. The molecule has 1 unspecified atom stereocenters. The predicted octanol–water partition coefficient (Wildman–Crippen LogP) is 2.92. The first-order chi connectivity index (χ1) is 14.1. The normalized spacial score (nSPS) is 17.0. The van der Waals surface area contributed by atoms with Gasteiger partial charge in [-0.25, -0.2) is 17.2 Å². The molecule has 1 saturated heterocycles. The molecule has 2 aromatic carbocycles. The Morgan fingerprint density at radius 2 is 1.70 bits per heavy atom. The third kappa shape index (κ3) is 4.69. The number of hydrogen-bond donors (Lipinski definition) is 1. The summed E-state index contributed by atoms with van der Waals surface area (Å²) in [5, 5.41) is 2.46. The summed E-state index contributed by atoms with van der Waals surface area (Å²) < 4.78 is 54.2. The lowest BCUT2D eigenvalue weighted by molar-refractivity contribution is -0.121. The van der Waals surface area contributed by atoms with E-state index in [9.17, 15) is 22.0 Å². The quantitative estimate of drug-likeness (QED) is 0.781. The number of halogens is 2. The molecule has 2 aromatic rings. The van der Waals surface area contributed by atoms with Gasteiger partial charge >= 0.3 is 0 Å². The van der Waals surface area contributed by atoms with Gasteiger partial charge in [0.15, 0.2) is 0 Å². The second kappa shape index (κ2) is 8.79. The van der Waals surface area contributed by atoms with E-state index < -0.39 is 33.6 Å². The van der Waals surface area contributed by atoms with Gasteiger partial charge in [0.05, 0.1) is 16.6 Å². The topological polar surface area (TPSA) is 69.7 Å². The molecule has 0 aromatic heterocycles. The van der Waals surface area contributed by atoms with Gasteiger partial charge in [-0.1, -0.05) is 17.7 Å². The summed E-state index contributed by atoms with van der Waals surface area (Å²) in [4.78, 5) is 14.6. The van der Waals surface area contributed by atoms with Crippen LogP contribution in [0.25, 0.3) is 0 Å². The average molecular weight is 438 g/mol. The molecule has 0 spiro atoms. The highest BCUT2D eigenvalue weighted by atomic mass is 32.2. The summed E-state index contributed by atoms with van der Waals surface area (Å²) in [6, 6.07) is 7.59. The highest BCUT2D eigenvalue weighted by Gasteiger charge is 2.32. The van der Waals surface area contributed by atoms with Crippen LogP contribution in [0.3, 0.4) is 0 Å². The van der Waals surface area contributed by atoms with Gasteiger partial charge in [0.2, 0.25) is 15.9 Å². The van der Waals surface area contributed by atoms with Gasteiger partial charge in [-0.15, -0.1) is 0 Å². The molecule has 0 saturated carbocycles. The predicted molar refractivity (Wildman–Crippen MR) is 111 cm³/mol. The Morgan fingerprint density at radius 3 is 2.30 bits per heavy atom. The molecule has 1 heterocycles. The number of hydrogen-bond acceptors (Lipinski definition) is 4. The summed E-state index contributed by atoms with van der Waals surface area (Å²) in [6.45, 7) is 6.58. The first kappa shape index (κ1) is 22.3. The minimum Gasteiger partial charge on any atom is -0.322 e. The number of carbonyl (C=O) groups excluding carboxylic acids is 1. The number of sulfonamides is 1. The molecular weight excluding hydrogens is 412 g/mol. The van der Waals surface area contributed by atoms with Crippen molar-refractivity contribution in [1.29, 1.82) is 0 Å². The molecule has 9 heteroatoms. The van der Waals surface area contributed by atoms with Gasteiger partial charge in [0, 0.05) is 32.2 Å². The maximum atomic E-state index is 13.8. The molecule has 6 nitrogen and oxygen atoms in total. The van der Waals surface area contributed by atoms with Crippen LogP contribution < -0.4 is 5.32 Å². The standard InChI is InChI=1S/C21H25F2N3O3S/c1-14-4-7-20(15(2)12-14)30(28,29)26-10-8-25(9-11-26)16(3)21(27)24-19-6-5-17(22)13-18(19)23/h4-7,12-13,16H,8-11H2,1-3H3,(H,24,27). The Morgan fingerprint density at radius 1 is 1.03 bits per heavy atom. The summed E-state index contributed by atoms with van der Waals surface area (Å²) in [5.74, 6) is -2.01. The van der Waals surface area contributed by atoms with Crippen molar-refractivity contribution < 1.29 is 22.0 Å². The Hall–Kier alpha value is -2.36. The number of anilines is 1. The van der Waals surface area contributed by atoms with Gasteiger partial charge in [-0.2, -0.15) is 4.31 Å². The number of piperazine rings is 1. The van der Waals surface area contributed by atoms with Gasteiger partial charge in [-0.3, -0.25) is 9.69 Å². The zero-order valence-corrected chi connectivity index (χ0v) is 18.0. The van der Waals surface area contributed by atoms with Crippen molar-refractivity contribution in [2.45, 2.75) is 31.7 Å². The van der Waals surface area contributed by atoms with Crippen LogP contribution in [0.5, 0.6) is 0 Å². The molecular formula is C21H25F2N3O3S. The SMILES string of the molecule is Cc1ccc(S(=O)(=O)N2CCN(C(C)C(=O)Nc3ccc(F)cc3F)CC2)c(C)c1. The second-order valence-electron chi connectivity index (χ2n) is 7.50. The van der Waals surface area contributed by atoms with E-state index in [0.29, 0.717) is 29.6 Å². The van der Waals surface area contributed by atoms with Crippen LogP contribution in [0.4, 0.5) is 14.5 Å². The van der Waals surface area contributed by atoms with E-state index in [1.54, 1.807) is 26.0 Å². The fourth-order valence-electron chi connectivity index (χ4n) is 3.55. The molecule has 0 radical (unpaired) electrons. The largest absolute Gasteiger partial charge is 0.322 e. The highest BCUT2D eigenvalue weighted by molar-refractivity contribution is 7.89. The van der Waals surface area contributed by atoms with Crippen LogP contribution in [0.1, 0.15) is 18.1 Å². The van der Waals surface area contributed by atoms with Crippen LogP contribution in [0.2, 0.25) is 0 Å². The van der Waals surface area contributed by atoms with Gasteiger partial charge in [-0.05, 0) is 44.5 Å². The molecule has 1 fully saturated rings. The van der Waals surface area contributed by atoms with Crippen LogP contribution >= 0.6 is 0 Å². The lowest BCUT2D eigenvalue weighted by Gasteiger charge is -2.36. The maximum Gasteiger partial charge on any atom is 0.243 e. The second-order valence-corrected chi connectivity index (χ2v) is 9.40. The van der Waals surface area contributed by atoms with Crippen LogP contribution in [-0.2, 0) is 14.8 Å². The van der Waals surface area contributed by atoms with Crippen molar-refractivity contribution in [2.24, 2.45) is 0 Å². The fraction of sp³-hybridized carbons (Fsp3) is 0.381. The molecule has 1 aliphatic rings. The molecule has 1 aliphatic heterocycles. The Balaban J connectivity index is 1.63. The van der Waals surface area contributed by atoms with Gasteiger partial charge in [0.1, 0.15) is 11.6 Å². The maximum absolute atomic E-state index is 13.8. The minimum atomic E-state index is -3.62. The van der Waals surface area contributed by atoms with Crippen molar-refractivity contribution in [3.63, 3.8) is 0 Å². The third-order valence-electron chi connectivity index (χ3n) is 5.34. The van der Waals surface area contributed by atoms with E-state index in [2.05, 4.69) is 5.32 Å². The monoisotopic (exact) mass is 437 g/mol. The van der Waals surface area contributed by atoms with Crippen molar-refractivity contribution in [3.8, 4) is 0 Å². The first-order valence-electron chi connectivity index (χ1n) is 9.67. The number of nitrogens with one attached hydrogen (secondary N) is 1. The highest BCUT2D eigenvalue weighted by Crippen LogP contribution is 2.23. The van der Waals surface area contributed by atoms with E-state index in [4.69, 9.17) is 0 Å². The Kier molecular flexibility index (Phi) is 6.54. The number of carbonyl (C=O) groups is 1. The zero-order chi connectivity index (χ0) is 22.1. The summed E-state index contributed by atoms with van der Waals surface area (Å²) in [6.07, 6.45) is 0. The van der Waals surface area contributed by atoms with Crippen molar-refractivity contribution in [2.75, 3.05) is 31.5 Å². The van der Waals surface area contributed by atoms with E-state index in [1.807, 2.05) is 17.9 Å². The van der Waals surface area contributed by atoms with E-state index in [-0.39, 0.29) is 18.8 Å². The van der Waals surface area contributed by atoms with Crippen molar-refractivity contribution >= 4 is 21.6 Å². The molecule has 0 bridgehead atoms. The minimum absolute atomic E-state index is 0.0932. The van der Waals surface area contributed by atoms with Gasteiger partial charge < -0.3 is 5.32 Å². The third-order valence-corrected chi connectivity index (χ3v) is 7.40. The molecule has 1 atom stereocenters. The Bertz CT molecular complexity index is 1050. The summed E-state index contributed by atoms with van der Waals surface area (Å²) in [5.41, 5.74) is 1.60. The zero-order valence-electron chi connectivity index (χ0n) is 17.2. The number of aryl methyl sites for hydroxylation is 2. The molecule has 162 valence electrons. The van der Waals surface area contributed by atoms with Gasteiger partial charge in [0.25, 0.3) is 0 Å². The van der Waals surface area contributed by atoms with E-state index >= 15 is 0 Å². The van der Waals surface area contributed by atoms with Crippen LogP contribution in [-0.4, -0.2) is 55.8 Å². The molecule has 1 N–H and O–H groups in total. The number of benzene rings is 2. The van der Waals surface area contributed by atoms with E-state index in [1.165, 1.54) is 10.4 Å². The molecule has 1 amide bonds. The van der Waals surface area contributed by atoms with Crippen LogP contribution in [0.15, 0.2) is 41.3 Å². The molecule has 3 rings (SSSR count). The summed E-state index contributed by atoms with van der Waals surface area (Å²) in [7, 11) is -3.62. The lowest BCUT2D eigenvalue weighted by atomic mass is 10.2. The smallest absolute Gasteiger partial charge is 0.243 e. The average Bonchev–Trinajstić information content (AvgIpc) is 2.69. The van der Waals surface area contributed by atoms with Crippen molar-refractivity contribution in [3.05, 3.63) is 59.2 Å². The lowest BCUT2D eigenvalue weighted by Crippen LogP contribution is -2.54.